The molecule has 1 amide bonds. The van der Waals surface area contributed by atoms with Crippen molar-refractivity contribution in [3.63, 3.8) is 0 Å². The highest BCUT2D eigenvalue weighted by atomic mass is 35.5. The van der Waals surface area contributed by atoms with Crippen LogP contribution in [0, 0.1) is 0 Å². The number of carbonyl (C=O) groups is 1. The summed E-state index contributed by atoms with van der Waals surface area (Å²) in [5.41, 5.74) is 1.08. The van der Waals surface area contributed by atoms with Crippen molar-refractivity contribution in [2.75, 3.05) is 20.3 Å². The summed E-state index contributed by atoms with van der Waals surface area (Å²) in [6.45, 7) is 2.55. The monoisotopic (exact) mass is 648 g/mol. The number of nitrogens with zero attached hydrogens (tertiary/aromatic N) is 5. The van der Waals surface area contributed by atoms with Crippen molar-refractivity contribution in [3.8, 4) is 10.7 Å². The quantitative estimate of drug-likeness (QED) is 0.278. The van der Waals surface area contributed by atoms with Crippen LogP contribution in [0.4, 0.5) is 0 Å². The van der Waals surface area contributed by atoms with Crippen LogP contribution in [-0.2, 0) is 18.9 Å². The predicted molar refractivity (Wildman–Crippen MR) is 158 cm³/mol. The zero-order chi connectivity index (χ0) is 29.2. The van der Waals surface area contributed by atoms with Gasteiger partial charge in [0.15, 0.2) is 6.29 Å². The summed E-state index contributed by atoms with van der Waals surface area (Å²) in [4.78, 5) is 22.0. The van der Waals surface area contributed by atoms with Crippen LogP contribution in [0.2, 0.25) is 10.2 Å². The number of hydrogen-bond donors (Lipinski definition) is 1. The first-order valence-corrected chi connectivity index (χ1v) is 15.6. The van der Waals surface area contributed by atoms with Gasteiger partial charge in [-0.25, -0.2) is 14.6 Å². The van der Waals surface area contributed by atoms with Gasteiger partial charge in [0.05, 0.1) is 17.8 Å². The van der Waals surface area contributed by atoms with Gasteiger partial charge in [0.2, 0.25) is 0 Å². The minimum absolute atomic E-state index is 0.243. The van der Waals surface area contributed by atoms with Gasteiger partial charge in [0, 0.05) is 35.7 Å². The number of methoxy groups -OCH3 is 1. The number of nitrogens with one attached hydrogen (secondary N) is 1. The molecule has 5 heterocycles. The number of amides is 1. The highest BCUT2D eigenvalue weighted by Crippen LogP contribution is 2.45. The van der Waals surface area contributed by atoms with E-state index < -0.39 is 36.1 Å². The smallest absolute Gasteiger partial charge is 0.271 e. The van der Waals surface area contributed by atoms with E-state index in [2.05, 4.69) is 25.6 Å². The molecule has 11 nitrogen and oxygen atoms in total. The summed E-state index contributed by atoms with van der Waals surface area (Å²) in [7, 11) is 1.60. The predicted octanol–water partition coefficient (Wildman–Crippen LogP) is 5.04. The molecule has 6 unspecified atom stereocenters. The molecule has 2 saturated heterocycles. The number of aromatic nitrogens is 5. The van der Waals surface area contributed by atoms with Crippen molar-refractivity contribution in [1.29, 1.82) is 0 Å². The molecule has 2 aliphatic heterocycles. The highest BCUT2D eigenvalue weighted by molar-refractivity contribution is 8.00. The highest BCUT2D eigenvalue weighted by Gasteiger charge is 2.52. The average Bonchev–Trinajstić information content (AvgIpc) is 3.66. The fourth-order valence-corrected chi connectivity index (χ4v) is 7.36. The minimum atomic E-state index is -0.614. The van der Waals surface area contributed by atoms with E-state index in [1.54, 1.807) is 29.4 Å². The van der Waals surface area contributed by atoms with Crippen molar-refractivity contribution in [2.24, 2.45) is 0 Å². The number of thioether (sulfide) groups is 1. The Morgan fingerprint density at radius 3 is 2.83 bits per heavy atom. The van der Waals surface area contributed by atoms with Crippen LogP contribution >= 0.6 is 46.3 Å². The average molecular weight is 650 g/mol. The van der Waals surface area contributed by atoms with Crippen LogP contribution in [0.15, 0.2) is 59.1 Å². The van der Waals surface area contributed by atoms with Gasteiger partial charge in [0.25, 0.3) is 5.91 Å². The number of benzene rings is 1. The molecule has 1 N–H and O–H groups in total. The van der Waals surface area contributed by atoms with E-state index in [0.29, 0.717) is 32.3 Å². The van der Waals surface area contributed by atoms with Gasteiger partial charge in [-0.2, -0.15) is 0 Å². The van der Waals surface area contributed by atoms with E-state index in [0.717, 1.165) is 5.56 Å². The third-order valence-corrected chi connectivity index (χ3v) is 9.35. The molecule has 0 saturated carbocycles. The molecule has 0 spiro atoms. The van der Waals surface area contributed by atoms with Gasteiger partial charge in [-0.3, -0.25) is 4.79 Å². The number of hydrogen-bond acceptors (Lipinski definition) is 11. The molecule has 15 heteroatoms. The van der Waals surface area contributed by atoms with E-state index in [1.165, 1.54) is 29.3 Å². The molecule has 2 aliphatic rings. The van der Waals surface area contributed by atoms with Gasteiger partial charge >= 0.3 is 0 Å². The number of thiazole rings is 1. The van der Waals surface area contributed by atoms with E-state index in [-0.39, 0.29) is 18.2 Å². The lowest BCUT2D eigenvalue weighted by molar-refractivity contribution is -0.308. The second-order valence-corrected chi connectivity index (χ2v) is 12.3. The van der Waals surface area contributed by atoms with Gasteiger partial charge in [-0.05, 0) is 13.0 Å². The van der Waals surface area contributed by atoms with E-state index in [1.807, 2.05) is 37.3 Å². The summed E-state index contributed by atoms with van der Waals surface area (Å²) in [5, 5.41) is 14.8. The number of carbonyl (C=O) groups excluding carboxylic acids is 1. The summed E-state index contributed by atoms with van der Waals surface area (Å²) < 4.78 is 27.0. The van der Waals surface area contributed by atoms with Crippen LogP contribution in [0.5, 0.6) is 0 Å². The zero-order valence-corrected chi connectivity index (χ0v) is 25.6. The molecule has 220 valence electrons. The molecule has 0 radical (unpaired) electrons. The lowest BCUT2D eigenvalue weighted by atomic mass is 9.96. The van der Waals surface area contributed by atoms with Crippen LogP contribution in [0.1, 0.15) is 35.3 Å². The van der Waals surface area contributed by atoms with Crippen LogP contribution in [-0.4, -0.2) is 74.9 Å². The first kappa shape index (κ1) is 29.5. The third kappa shape index (κ3) is 6.06. The number of ether oxygens (including phenoxy) is 4. The Bertz CT molecular complexity index is 1540. The molecule has 3 aromatic heterocycles. The fraction of sp³-hybridized carbons (Fsp3) is 0.370. The normalized spacial score (nSPS) is 25.6. The van der Waals surface area contributed by atoms with Gasteiger partial charge in [0.1, 0.15) is 51.3 Å². The number of pyridine rings is 1. The maximum absolute atomic E-state index is 12.8. The first-order valence-electron chi connectivity index (χ1n) is 13.1. The number of halogens is 2. The maximum atomic E-state index is 12.8. The maximum Gasteiger partial charge on any atom is 0.271 e. The molecule has 4 aromatic rings. The largest absolute Gasteiger partial charge is 0.375 e. The minimum Gasteiger partial charge on any atom is -0.375 e. The molecule has 6 atom stereocenters. The SMILES string of the molecule is CCNC(=O)c1ncc(Cl)cc1SC1OC2COC(c3ccccc3)OC2C(n2cc(-c3nc(Cl)cs3)nn2)C1OC. The van der Waals surface area contributed by atoms with Crippen LogP contribution < -0.4 is 5.32 Å². The number of rotatable bonds is 8. The van der Waals surface area contributed by atoms with Gasteiger partial charge in [-0.15, -0.1) is 16.4 Å². The number of fused-ring (bicyclic) bond motifs is 1. The second-order valence-electron chi connectivity index (χ2n) is 9.45. The summed E-state index contributed by atoms with van der Waals surface area (Å²) in [6.07, 6.45) is 1.04. The van der Waals surface area contributed by atoms with Crippen molar-refractivity contribution in [3.05, 3.63) is 75.6 Å². The van der Waals surface area contributed by atoms with Gasteiger partial charge < -0.3 is 24.3 Å². The Labute approximate surface area is 259 Å². The summed E-state index contributed by atoms with van der Waals surface area (Å²) in [5.74, 6) is -0.311. The summed E-state index contributed by atoms with van der Waals surface area (Å²) in [6, 6.07) is 10.9. The Kier molecular flexibility index (Phi) is 9.07. The molecule has 0 bridgehead atoms. The lowest BCUT2D eigenvalue weighted by Crippen LogP contribution is -2.59. The standard InChI is InChI=1S/C27H26Cl2N6O5S2/c1-3-30-24(36)20-18(9-15(28)10-31-20)42-27-23(37-2)21(35-11-16(33-34-35)25-32-19(29)13-41-25)22-17(39-27)12-38-26(40-22)14-7-5-4-6-8-14/h4-11,13,17,21-23,26-27H,3,12H2,1-2H3,(H,30,36). The Hall–Kier alpha value is -2.62. The topological polar surface area (TPSA) is 123 Å². The van der Waals surface area contributed by atoms with Crippen LogP contribution in [0.25, 0.3) is 10.7 Å². The van der Waals surface area contributed by atoms with Crippen LogP contribution in [0.3, 0.4) is 0 Å². The Balaban J connectivity index is 1.36. The third-order valence-electron chi connectivity index (χ3n) is 6.78. The van der Waals surface area contributed by atoms with E-state index in [9.17, 15) is 4.79 Å². The van der Waals surface area contributed by atoms with Gasteiger partial charge in [-0.1, -0.05) is 70.5 Å². The van der Waals surface area contributed by atoms with Crippen molar-refractivity contribution >= 4 is 52.2 Å². The molecule has 6 rings (SSSR count). The molecular formula is C27H26Cl2N6O5S2. The molecule has 1 aromatic carbocycles. The molecule has 0 aliphatic carbocycles. The van der Waals surface area contributed by atoms with Crippen molar-refractivity contribution in [1.82, 2.24) is 30.3 Å². The Morgan fingerprint density at radius 1 is 1.26 bits per heavy atom. The van der Waals surface area contributed by atoms with Crippen molar-refractivity contribution in [2.45, 2.75) is 47.9 Å². The molecular weight excluding hydrogens is 623 g/mol. The Morgan fingerprint density at radius 2 is 2.10 bits per heavy atom. The van der Waals surface area contributed by atoms with E-state index in [4.69, 9.17) is 42.1 Å². The fourth-order valence-electron chi connectivity index (χ4n) is 4.94. The summed E-state index contributed by atoms with van der Waals surface area (Å²) >= 11 is 15.0. The molecule has 2 fully saturated rings. The second kappa shape index (κ2) is 12.9. The lowest BCUT2D eigenvalue weighted by Gasteiger charge is -2.48. The zero-order valence-electron chi connectivity index (χ0n) is 22.4. The molecule has 42 heavy (non-hydrogen) atoms. The van der Waals surface area contributed by atoms with E-state index >= 15 is 0 Å². The van der Waals surface area contributed by atoms with Crippen molar-refractivity contribution < 1.29 is 23.7 Å². The first-order chi connectivity index (χ1) is 20.4.